The first-order valence-electron chi connectivity index (χ1n) is 2.71. The lowest BCUT2D eigenvalue weighted by atomic mass is 10.4. The minimum absolute atomic E-state index is 0. The molecule has 0 aliphatic heterocycles. The van der Waals surface area contributed by atoms with Crippen molar-refractivity contribution in [1.82, 2.24) is 0 Å². The molecule has 0 saturated carbocycles. The highest BCUT2D eigenvalue weighted by molar-refractivity contribution is 7.85. The Hall–Kier alpha value is -0.660. The highest BCUT2D eigenvalue weighted by atomic mass is 35.5. The number of halogens is 1. The predicted octanol–water partition coefficient (Wildman–Crippen LogP) is -0.405. The van der Waals surface area contributed by atoms with Crippen molar-refractivity contribution in [2.75, 3.05) is 0 Å². The molecular formula is C6H8ClO5S-. The number of hydrogen-bond donors (Lipinski definition) is 0. The summed E-state index contributed by atoms with van der Waals surface area (Å²) < 4.78 is 31.0. The molecule has 0 bridgehead atoms. The van der Waals surface area contributed by atoms with Crippen LogP contribution >= 0.6 is 11.6 Å². The molecule has 0 saturated heterocycles. The van der Waals surface area contributed by atoms with Gasteiger partial charge >= 0.3 is 0 Å². The zero-order valence-electron chi connectivity index (χ0n) is 6.32. The fourth-order valence-electron chi connectivity index (χ4n) is 0.601. The van der Waals surface area contributed by atoms with Gasteiger partial charge in [0, 0.05) is 5.02 Å². The number of benzene rings is 1. The molecule has 0 fully saturated rings. The van der Waals surface area contributed by atoms with E-state index < -0.39 is 10.1 Å². The maximum Gasteiger partial charge on any atom is 0.124 e. The molecule has 0 amide bonds. The SMILES string of the molecule is O.O.O=S(=O)([O-])c1ccc(Cl)cc1. The topological polar surface area (TPSA) is 120 Å². The Kier molecular flexibility index (Phi) is 5.88. The standard InChI is InChI=1S/C6H5ClO3S.2H2O/c7-5-1-3-6(4-2-5)11(8,9)10;;/h1-4H,(H,8,9,10);2*1H2/p-1. The third kappa shape index (κ3) is 4.20. The molecule has 0 aliphatic carbocycles. The zero-order chi connectivity index (χ0) is 8.48. The van der Waals surface area contributed by atoms with Crippen molar-refractivity contribution in [3.05, 3.63) is 29.3 Å². The Labute approximate surface area is 80.3 Å². The largest absolute Gasteiger partial charge is 0.744 e. The van der Waals surface area contributed by atoms with E-state index in [1.165, 1.54) is 24.3 Å². The summed E-state index contributed by atoms with van der Waals surface area (Å²) >= 11 is 5.46. The quantitative estimate of drug-likeness (QED) is 0.607. The van der Waals surface area contributed by atoms with E-state index in [2.05, 4.69) is 0 Å². The van der Waals surface area contributed by atoms with Crippen molar-refractivity contribution < 1.29 is 23.9 Å². The minimum Gasteiger partial charge on any atom is -0.744 e. The van der Waals surface area contributed by atoms with Crippen LogP contribution in [0.25, 0.3) is 0 Å². The average Bonchev–Trinajstić information content (AvgIpc) is 1.86. The molecule has 4 N–H and O–H groups in total. The molecule has 7 heteroatoms. The van der Waals surface area contributed by atoms with Crippen molar-refractivity contribution >= 4 is 21.7 Å². The lowest BCUT2D eigenvalue weighted by Crippen LogP contribution is -1.97. The van der Waals surface area contributed by atoms with Gasteiger partial charge < -0.3 is 15.5 Å². The van der Waals surface area contributed by atoms with Crippen LogP contribution in [0.1, 0.15) is 0 Å². The van der Waals surface area contributed by atoms with E-state index >= 15 is 0 Å². The van der Waals surface area contributed by atoms with Gasteiger partial charge in [0.2, 0.25) is 0 Å². The van der Waals surface area contributed by atoms with Gasteiger partial charge in [-0.3, -0.25) is 0 Å². The number of hydrogen-bond acceptors (Lipinski definition) is 3. The van der Waals surface area contributed by atoms with Crippen molar-refractivity contribution in [2.24, 2.45) is 0 Å². The molecule has 5 nitrogen and oxygen atoms in total. The summed E-state index contributed by atoms with van der Waals surface area (Å²) in [6.07, 6.45) is 0. The summed E-state index contributed by atoms with van der Waals surface area (Å²) in [5.41, 5.74) is 0. The van der Waals surface area contributed by atoms with E-state index in [9.17, 15) is 13.0 Å². The van der Waals surface area contributed by atoms with Crippen molar-refractivity contribution in [2.45, 2.75) is 4.90 Å². The van der Waals surface area contributed by atoms with Crippen LogP contribution in [0, 0.1) is 0 Å². The van der Waals surface area contributed by atoms with E-state index in [-0.39, 0.29) is 15.8 Å². The van der Waals surface area contributed by atoms with Gasteiger partial charge in [-0.15, -0.1) is 0 Å². The van der Waals surface area contributed by atoms with Gasteiger partial charge in [0.05, 0.1) is 4.90 Å². The van der Waals surface area contributed by atoms with Crippen LogP contribution in [-0.4, -0.2) is 23.9 Å². The van der Waals surface area contributed by atoms with Gasteiger partial charge in [-0.1, -0.05) is 11.6 Å². The zero-order valence-corrected chi connectivity index (χ0v) is 7.89. The predicted molar refractivity (Wildman–Crippen MR) is 46.6 cm³/mol. The van der Waals surface area contributed by atoms with Crippen molar-refractivity contribution in [3.8, 4) is 0 Å². The van der Waals surface area contributed by atoms with Crippen LogP contribution in [0.5, 0.6) is 0 Å². The third-order valence-corrected chi connectivity index (χ3v) is 2.20. The lowest BCUT2D eigenvalue weighted by molar-refractivity contribution is 0.463. The van der Waals surface area contributed by atoms with Crippen LogP contribution < -0.4 is 0 Å². The summed E-state index contributed by atoms with van der Waals surface area (Å²) in [4.78, 5) is -0.262. The Morgan fingerprint density at radius 3 is 1.77 bits per heavy atom. The third-order valence-electron chi connectivity index (χ3n) is 1.10. The summed E-state index contributed by atoms with van der Waals surface area (Å²) in [5, 5.41) is 0.400. The monoisotopic (exact) mass is 227 g/mol. The van der Waals surface area contributed by atoms with E-state index in [1.807, 2.05) is 0 Å². The summed E-state index contributed by atoms with van der Waals surface area (Å²) in [7, 11) is -4.33. The Morgan fingerprint density at radius 1 is 1.08 bits per heavy atom. The van der Waals surface area contributed by atoms with Crippen LogP contribution in [0.15, 0.2) is 29.2 Å². The van der Waals surface area contributed by atoms with Gasteiger partial charge in [0.25, 0.3) is 0 Å². The van der Waals surface area contributed by atoms with E-state index in [0.29, 0.717) is 5.02 Å². The van der Waals surface area contributed by atoms with Gasteiger partial charge in [-0.25, -0.2) is 8.42 Å². The molecule has 0 unspecified atom stereocenters. The maximum atomic E-state index is 10.3. The first-order valence-corrected chi connectivity index (χ1v) is 4.50. The van der Waals surface area contributed by atoms with Crippen LogP contribution in [0.3, 0.4) is 0 Å². The van der Waals surface area contributed by atoms with E-state index in [1.54, 1.807) is 0 Å². The molecule has 1 aromatic carbocycles. The first kappa shape index (κ1) is 14.8. The van der Waals surface area contributed by atoms with Crippen LogP contribution in [0.2, 0.25) is 5.02 Å². The molecule has 0 aromatic heterocycles. The smallest absolute Gasteiger partial charge is 0.124 e. The molecule has 0 radical (unpaired) electrons. The average molecular weight is 228 g/mol. The molecular weight excluding hydrogens is 220 g/mol. The molecule has 1 rings (SSSR count). The molecule has 0 heterocycles. The summed E-state index contributed by atoms with van der Waals surface area (Å²) in [6, 6.07) is 5.05. The molecule has 76 valence electrons. The van der Waals surface area contributed by atoms with Crippen molar-refractivity contribution in [3.63, 3.8) is 0 Å². The van der Waals surface area contributed by atoms with Gasteiger partial charge in [0.15, 0.2) is 0 Å². The van der Waals surface area contributed by atoms with E-state index in [4.69, 9.17) is 11.6 Å². The fourth-order valence-corrected chi connectivity index (χ4v) is 1.20. The second-order valence-electron chi connectivity index (χ2n) is 1.91. The summed E-state index contributed by atoms with van der Waals surface area (Å²) in [6.45, 7) is 0. The molecule has 1 aromatic rings. The van der Waals surface area contributed by atoms with Gasteiger partial charge in [0.1, 0.15) is 10.1 Å². The van der Waals surface area contributed by atoms with Crippen LogP contribution in [0.4, 0.5) is 0 Å². The van der Waals surface area contributed by atoms with Gasteiger partial charge in [-0.05, 0) is 24.3 Å². The molecule has 0 spiro atoms. The molecule has 0 aliphatic rings. The van der Waals surface area contributed by atoms with Gasteiger partial charge in [-0.2, -0.15) is 0 Å². The molecule has 13 heavy (non-hydrogen) atoms. The summed E-state index contributed by atoms with van der Waals surface area (Å²) in [5.74, 6) is 0. The maximum absolute atomic E-state index is 10.3. The number of rotatable bonds is 1. The Balaban J connectivity index is 0. The lowest BCUT2D eigenvalue weighted by Gasteiger charge is -2.05. The first-order chi connectivity index (χ1) is 5.00. The second-order valence-corrected chi connectivity index (χ2v) is 3.72. The Bertz CT molecular complexity index is 344. The molecule has 0 atom stereocenters. The highest BCUT2D eigenvalue weighted by Crippen LogP contribution is 2.12. The van der Waals surface area contributed by atoms with Crippen molar-refractivity contribution in [1.29, 1.82) is 0 Å². The van der Waals surface area contributed by atoms with Crippen LogP contribution in [-0.2, 0) is 10.1 Å². The fraction of sp³-hybridized carbons (Fsp3) is 0. The normalized spacial score (nSPS) is 9.69. The highest BCUT2D eigenvalue weighted by Gasteiger charge is 1.98. The van der Waals surface area contributed by atoms with E-state index in [0.717, 1.165) is 0 Å². The Morgan fingerprint density at radius 2 is 1.46 bits per heavy atom. The minimum atomic E-state index is -4.33. The second kappa shape index (κ2) is 5.15.